The van der Waals surface area contributed by atoms with Gasteiger partial charge in [0.2, 0.25) is 11.6 Å². The lowest BCUT2D eigenvalue weighted by Gasteiger charge is -2.35. The fourth-order valence-electron chi connectivity index (χ4n) is 2.81. The van der Waals surface area contributed by atoms with Gasteiger partial charge in [-0.2, -0.15) is 22.5 Å². The number of rotatable bonds is 4. The van der Waals surface area contributed by atoms with E-state index in [2.05, 4.69) is 9.88 Å². The van der Waals surface area contributed by atoms with Crippen LogP contribution in [0.4, 0.5) is 23.2 Å². The van der Waals surface area contributed by atoms with Gasteiger partial charge in [-0.3, -0.25) is 4.90 Å². The second-order valence-corrected chi connectivity index (χ2v) is 5.77. The van der Waals surface area contributed by atoms with Crippen molar-refractivity contribution in [1.29, 1.82) is 0 Å². The summed E-state index contributed by atoms with van der Waals surface area (Å²) in [5.41, 5.74) is 0.414. The van der Waals surface area contributed by atoms with Crippen LogP contribution in [0.5, 0.6) is 0 Å². The fourth-order valence-corrected chi connectivity index (χ4v) is 2.81. The predicted molar refractivity (Wildman–Crippen MR) is 88.2 cm³/mol. The number of halogens is 4. The third-order valence-corrected chi connectivity index (χ3v) is 4.14. The second kappa shape index (κ2) is 7.65. The van der Waals surface area contributed by atoms with E-state index in [1.54, 1.807) is 0 Å². The Bertz CT molecular complexity index is 730. The summed E-state index contributed by atoms with van der Waals surface area (Å²) in [5, 5.41) is 0. The van der Waals surface area contributed by atoms with Crippen molar-refractivity contribution in [2.75, 3.05) is 37.6 Å². The Morgan fingerprint density at radius 2 is 1.48 bits per heavy atom. The molecule has 0 unspecified atom stereocenters. The Kier molecular flexibility index (Phi) is 5.33. The number of hydrogen-bond acceptors (Lipinski definition) is 3. The molecule has 3 nitrogen and oxygen atoms in total. The monoisotopic (exact) mass is 351 g/mol. The van der Waals surface area contributed by atoms with Crippen molar-refractivity contribution in [1.82, 2.24) is 9.88 Å². The zero-order valence-electron chi connectivity index (χ0n) is 13.4. The summed E-state index contributed by atoms with van der Waals surface area (Å²) in [5.74, 6) is -6.14. The predicted octanol–water partition coefficient (Wildman–Crippen LogP) is 3.47. The Labute approximate surface area is 143 Å². The van der Waals surface area contributed by atoms with Gasteiger partial charge in [-0.25, -0.2) is 0 Å². The third-order valence-electron chi connectivity index (χ3n) is 4.14. The Balaban J connectivity index is 1.60. The Morgan fingerprint density at radius 1 is 0.880 bits per heavy atom. The molecule has 0 saturated carbocycles. The summed E-state index contributed by atoms with van der Waals surface area (Å²) in [6.07, 6.45) is 4.01. The highest BCUT2D eigenvalue weighted by Crippen LogP contribution is 2.27. The van der Waals surface area contributed by atoms with Crippen molar-refractivity contribution in [3.05, 3.63) is 65.5 Å². The molecule has 25 heavy (non-hydrogen) atoms. The summed E-state index contributed by atoms with van der Waals surface area (Å²) in [7, 11) is 0. The molecule has 0 amide bonds. The maximum Gasteiger partial charge on any atom is 0.253 e. The number of aromatic nitrogens is 1. The third kappa shape index (κ3) is 3.99. The molecule has 1 aromatic carbocycles. The van der Waals surface area contributed by atoms with Crippen LogP contribution in [0.15, 0.2) is 36.4 Å². The van der Waals surface area contributed by atoms with Crippen LogP contribution in [0.3, 0.4) is 0 Å². The average Bonchev–Trinajstić information content (AvgIpc) is 2.62. The Hall–Kier alpha value is -2.41. The van der Waals surface area contributed by atoms with Gasteiger partial charge in [0.1, 0.15) is 5.69 Å². The molecule has 2 heterocycles. The van der Waals surface area contributed by atoms with E-state index < -0.39 is 29.2 Å². The molecule has 2 aromatic rings. The van der Waals surface area contributed by atoms with Crippen LogP contribution in [-0.2, 0) is 0 Å². The summed E-state index contributed by atoms with van der Waals surface area (Å²) in [6.45, 7) is 2.30. The van der Waals surface area contributed by atoms with E-state index in [9.17, 15) is 17.6 Å². The molecule has 0 N–H and O–H groups in total. The van der Waals surface area contributed by atoms with Crippen molar-refractivity contribution in [3.8, 4) is 0 Å². The SMILES string of the molecule is Fc1nc(F)c(F)c(N2CCN(C/C=C/c3ccccc3)CC2)c1F. The second-order valence-electron chi connectivity index (χ2n) is 5.77. The van der Waals surface area contributed by atoms with Crippen molar-refractivity contribution >= 4 is 11.8 Å². The largest absolute Gasteiger partial charge is 0.364 e. The first-order valence-electron chi connectivity index (χ1n) is 7.95. The highest BCUT2D eigenvalue weighted by atomic mass is 19.2. The molecule has 0 aliphatic carbocycles. The zero-order chi connectivity index (χ0) is 17.8. The van der Waals surface area contributed by atoms with Gasteiger partial charge < -0.3 is 4.90 Å². The van der Waals surface area contributed by atoms with E-state index in [0.717, 1.165) is 5.56 Å². The minimum Gasteiger partial charge on any atom is -0.364 e. The van der Waals surface area contributed by atoms with E-state index >= 15 is 0 Å². The lowest BCUT2D eigenvalue weighted by Crippen LogP contribution is -2.47. The maximum absolute atomic E-state index is 13.8. The molecule has 0 atom stereocenters. The van der Waals surface area contributed by atoms with E-state index in [0.29, 0.717) is 19.6 Å². The van der Waals surface area contributed by atoms with E-state index in [1.807, 2.05) is 42.5 Å². The molecule has 1 aromatic heterocycles. The molecule has 7 heteroatoms. The van der Waals surface area contributed by atoms with E-state index in [4.69, 9.17) is 0 Å². The highest BCUT2D eigenvalue weighted by Gasteiger charge is 2.27. The molecule has 1 aliphatic heterocycles. The zero-order valence-corrected chi connectivity index (χ0v) is 13.4. The lowest BCUT2D eigenvalue weighted by molar-refractivity contribution is 0.281. The molecular weight excluding hydrogens is 334 g/mol. The number of piperazine rings is 1. The molecule has 0 spiro atoms. The van der Waals surface area contributed by atoms with Crippen molar-refractivity contribution in [2.24, 2.45) is 0 Å². The topological polar surface area (TPSA) is 19.4 Å². The minimum atomic E-state index is -1.62. The lowest BCUT2D eigenvalue weighted by atomic mass is 10.2. The van der Waals surface area contributed by atoms with Crippen LogP contribution in [0, 0.1) is 23.5 Å². The molecule has 1 fully saturated rings. The Morgan fingerprint density at radius 3 is 2.08 bits per heavy atom. The van der Waals surface area contributed by atoms with E-state index in [-0.39, 0.29) is 13.1 Å². The molecule has 1 saturated heterocycles. The molecular formula is C18H17F4N3. The van der Waals surface area contributed by atoms with Crippen LogP contribution in [0.2, 0.25) is 0 Å². The first-order valence-corrected chi connectivity index (χ1v) is 7.95. The van der Waals surface area contributed by atoms with Gasteiger partial charge in [-0.05, 0) is 5.56 Å². The summed E-state index contributed by atoms with van der Waals surface area (Å²) in [4.78, 5) is 6.00. The molecule has 0 radical (unpaired) electrons. The molecule has 1 aliphatic rings. The van der Waals surface area contributed by atoms with Crippen molar-refractivity contribution in [3.63, 3.8) is 0 Å². The van der Waals surface area contributed by atoms with Crippen molar-refractivity contribution < 1.29 is 17.6 Å². The first-order chi connectivity index (χ1) is 12.1. The summed E-state index contributed by atoms with van der Waals surface area (Å²) in [6, 6.07) is 9.83. The highest BCUT2D eigenvalue weighted by molar-refractivity contribution is 5.50. The number of nitrogens with zero attached hydrogens (tertiary/aromatic N) is 3. The standard InChI is InChI=1S/C18H17F4N3/c19-14-16(15(20)18(22)23-17(14)21)25-11-9-24(10-12-25)8-4-7-13-5-2-1-3-6-13/h1-7H,8-12H2/b7-4+. The van der Waals surface area contributed by atoms with Crippen LogP contribution < -0.4 is 4.90 Å². The number of anilines is 1. The van der Waals surface area contributed by atoms with Crippen LogP contribution >= 0.6 is 0 Å². The fraction of sp³-hybridized carbons (Fsp3) is 0.278. The van der Waals surface area contributed by atoms with Gasteiger partial charge in [-0.15, -0.1) is 0 Å². The van der Waals surface area contributed by atoms with Gasteiger partial charge in [0.15, 0.2) is 0 Å². The normalized spacial score (nSPS) is 15.9. The molecule has 132 valence electrons. The first kappa shape index (κ1) is 17.4. The number of hydrogen-bond donors (Lipinski definition) is 0. The molecule has 3 rings (SSSR count). The maximum atomic E-state index is 13.8. The van der Waals surface area contributed by atoms with Gasteiger partial charge in [-0.1, -0.05) is 42.5 Å². The van der Waals surface area contributed by atoms with E-state index in [1.165, 1.54) is 4.90 Å². The van der Waals surface area contributed by atoms with Gasteiger partial charge in [0.05, 0.1) is 0 Å². The summed E-state index contributed by atoms with van der Waals surface area (Å²) < 4.78 is 54.1. The number of pyridine rings is 1. The number of benzene rings is 1. The van der Waals surface area contributed by atoms with Crippen LogP contribution in [-0.4, -0.2) is 42.6 Å². The van der Waals surface area contributed by atoms with Gasteiger partial charge >= 0.3 is 0 Å². The molecule has 0 bridgehead atoms. The van der Waals surface area contributed by atoms with Crippen molar-refractivity contribution in [2.45, 2.75) is 0 Å². The summed E-state index contributed by atoms with van der Waals surface area (Å²) >= 11 is 0. The quantitative estimate of drug-likeness (QED) is 0.621. The average molecular weight is 351 g/mol. The van der Waals surface area contributed by atoms with Crippen LogP contribution in [0.25, 0.3) is 6.08 Å². The minimum absolute atomic E-state index is 0.274. The van der Waals surface area contributed by atoms with Gasteiger partial charge in [0, 0.05) is 32.7 Å². The smallest absolute Gasteiger partial charge is 0.253 e. The van der Waals surface area contributed by atoms with Gasteiger partial charge in [0.25, 0.3) is 11.9 Å². The van der Waals surface area contributed by atoms with Crippen LogP contribution in [0.1, 0.15) is 5.56 Å².